The molecule has 0 aliphatic heterocycles. The minimum atomic E-state index is 0.537. The van der Waals surface area contributed by atoms with Gasteiger partial charge < -0.3 is 10.1 Å². The first-order valence-electron chi connectivity index (χ1n) is 6.73. The summed E-state index contributed by atoms with van der Waals surface area (Å²) in [5.74, 6) is 0.875. The Bertz CT molecular complexity index is 580. The Morgan fingerprint density at radius 2 is 2.15 bits per heavy atom. The van der Waals surface area contributed by atoms with Crippen LogP contribution in [0.5, 0.6) is 5.75 Å². The molecule has 1 aromatic carbocycles. The Morgan fingerprint density at radius 3 is 2.85 bits per heavy atom. The van der Waals surface area contributed by atoms with E-state index >= 15 is 0 Å². The third-order valence-corrected chi connectivity index (χ3v) is 3.83. The van der Waals surface area contributed by atoms with Gasteiger partial charge in [-0.1, -0.05) is 15.9 Å². The zero-order valence-corrected chi connectivity index (χ0v) is 13.7. The fraction of sp³-hybridized carbons (Fsp3) is 0.400. The fourth-order valence-corrected chi connectivity index (χ4v) is 2.50. The minimum Gasteiger partial charge on any atom is -0.487 e. The standard InChI is InChI=1S/C15H20BrN3O/c1-4-19-13(7-11(2)18-19)10-20-14-5-6-15(16)12(8-14)9-17-3/h5-8,17H,4,9-10H2,1-3H3. The van der Waals surface area contributed by atoms with Gasteiger partial charge in [0.15, 0.2) is 0 Å². The molecule has 0 fully saturated rings. The molecule has 108 valence electrons. The van der Waals surface area contributed by atoms with Gasteiger partial charge in [0.25, 0.3) is 0 Å². The zero-order chi connectivity index (χ0) is 14.5. The van der Waals surface area contributed by atoms with Crippen molar-refractivity contribution in [1.82, 2.24) is 15.1 Å². The molecular formula is C15H20BrN3O. The Hall–Kier alpha value is -1.33. The van der Waals surface area contributed by atoms with E-state index in [0.29, 0.717) is 6.61 Å². The summed E-state index contributed by atoms with van der Waals surface area (Å²) in [7, 11) is 1.93. The first-order valence-corrected chi connectivity index (χ1v) is 7.52. The lowest BCUT2D eigenvalue weighted by molar-refractivity contribution is 0.292. The topological polar surface area (TPSA) is 39.1 Å². The molecule has 5 heteroatoms. The minimum absolute atomic E-state index is 0.537. The van der Waals surface area contributed by atoms with Crippen LogP contribution in [-0.4, -0.2) is 16.8 Å². The van der Waals surface area contributed by atoms with Crippen LogP contribution in [0.1, 0.15) is 23.9 Å². The number of aryl methyl sites for hydroxylation is 2. The third kappa shape index (κ3) is 3.61. The molecule has 1 aromatic heterocycles. The fourth-order valence-electron chi connectivity index (χ4n) is 2.11. The molecule has 0 amide bonds. The van der Waals surface area contributed by atoms with Crippen LogP contribution in [0.4, 0.5) is 0 Å². The molecule has 0 aliphatic carbocycles. The Balaban J connectivity index is 2.08. The van der Waals surface area contributed by atoms with Crippen molar-refractivity contribution in [3.05, 3.63) is 45.7 Å². The van der Waals surface area contributed by atoms with Crippen LogP contribution in [0.15, 0.2) is 28.7 Å². The highest BCUT2D eigenvalue weighted by Crippen LogP contribution is 2.23. The van der Waals surface area contributed by atoms with Crippen molar-refractivity contribution in [1.29, 1.82) is 0 Å². The van der Waals surface area contributed by atoms with Gasteiger partial charge in [-0.2, -0.15) is 5.10 Å². The van der Waals surface area contributed by atoms with Crippen molar-refractivity contribution in [2.45, 2.75) is 33.5 Å². The molecule has 1 heterocycles. The first kappa shape index (κ1) is 15.1. The number of benzene rings is 1. The normalized spacial score (nSPS) is 10.8. The Kier molecular flexibility index (Phi) is 5.20. The number of hydrogen-bond donors (Lipinski definition) is 1. The molecule has 0 bridgehead atoms. The quantitative estimate of drug-likeness (QED) is 0.879. The lowest BCUT2D eigenvalue weighted by atomic mass is 10.2. The number of ether oxygens (including phenoxy) is 1. The second-order valence-electron chi connectivity index (χ2n) is 4.67. The molecule has 1 N–H and O–H groups in total. The second-order valence-corrected chi connectivity index (χ2v) is 5.52. The molecule has 0 atom stereocenters. The van der Waals surface area contributed by atoms with Crippen molar-refractivity contribution >= 4 is 15.9 Å². The molecule has 0 spiro atoms. The predicted molar refractivity (Wildman–Crippen MR) is 83.9 cm³/mol. The number of rotatable bonds is 6. The van der Waals surface area contributed by atoms with E-state index < -0.39 is 0 Å². The zero-order valence-electron chi connectivity index (χ0n) is 12.1. The number of halogens is 1. The molecule has 20 heavy (non-hydrogen) atoms. The maximum absolute atomic E-state index is 5.88. The van der Waals surface area contributed by atoms with Crippen molar-refractivity contribution in [2.75, 3.05) is 7.05 Å². The molecular weight excluding hydrogens is 318 g/mol. The number of nitrogens with one attached hydrogen (secondary N) is 1. The highest BCUT2D eigenvalue weighted by molar-refractivity contribution is 9.10. The van der Waals surface area contributed by atoms with Gasteiger partial charge in [0, 0.05) is 17.6 Å². The molecule has 4 nitrogen and oxygen atoms in total. The van der Waals surface area contributed by atoms with Gasteiger partial charge >= 0.3 is 0 Å². The smallest absolute Gasteiger partial charge is 0.130 e. The van der Waals surface area contributed by atoms with E-state index in [0.717, 1.165) is 34.7 Å². The summed E-state index contributed by atoms with van der Waals surface area (Å²) in [6.45, 7) is 6.29. The van der Waals surface area contributed by atoms with Crippen LogP contribution >= 0.6 is 15.9 Å². The van der Waals surface area contributed by atoms with Gasteiger partial charge in [-0.3, -0.25) is 4.68 Å². The van der Waals surface area contributed by atoms with E-state index in [1.165, 1.54) is 5.56 Å². The summed E-state index contributed by atoms with van der Waals surface area (Å²) < 4.78 is 8.95. The van der Waals surface area contributed by atoms with Gasteiger partial charge in [-0.25, -0.2) is 0 Å². The molecule has 2 aromatic rings. The summed E-state index contributed by atoms with van der Waals surface area (Å²) >= 11 is 3.54. The van der Waals surface area contributed by atoms with Crippen LogP contribution < -0.4 is 10.1 Å². The maximum atomic E-state index is 5.88. The SMILES string of the molecule is CCn1nc(C)cc1COc1ccc(Br)c(CNC)c1. The summed E-state index contributed by atoms with van der Waals surface area (Å²) in [5.41, 5.74) is 3.31. The van der Waals surface area contributed by atoms with Crippen molar-refractivity contribution in [2.24, 2.45) is 0 Å². The van der Waals surface area contributed by atoms with Crippen LogP contribution in [0.3, 0.4) is 0 Å². The second kappa shape index (κ2) is 6.90. The number of aromatic nitrogens is 2. The molecule has 0 saturated heterocycles. The van der Waals surface area contributed by atoms with Crippen molar-refractivity contribution in [3.8, 4) is 5.75 Å². The largest absolute Gasteiger partial charge is 0.487 e. The predicted octanol–water partition coefficient (Wildman–Crippen LogP) is 3.27. The van der Waals surface area contributed by atoms with E-state index in [2.05, 4.69) is 45.4 Å². The lowest BCUT2D eigenvalue weighted by Crippen LogP contribution is -2.07. The molecule has 0 unspecified atom stereocenters. The lowest BCUT2D eigenvalue weighted by Gasteiger charge is -2.10. The van der Waals surface area contributed by atoms with Gasteiger partial charge in [0.2, 0.25) is 0 Å². The molecule has 0 radical (unpaired) electrons. The molecule has 0 aliphatic rings. The molecule has 0 saturated carbocycles. The summed E-state index contributed by atoms with van der Waals surface area (Å²) in [4.78, 5) is 0. The average Bonchev–Trinajstić information content (AvgIpc) is 2.80. The van der Waals surface area contributed by atoms with Crippen LogP contribution in [0, 0.1) is 6.92 Å². The first-order chi connectivity index (χ1) is 9.63. The van der Waals surface area contributed by atoms with Gasteiger partial charge in [-0.05, 0) is 50.7 Å². The summed E-state index contributed by atoms with van der Waals surface area (Å²) in [6, 6.07) is 8.12. The van der Waals surface area contributed by atoms with E-state index in [1.807, 2.05) is 30.8 Å². The van der Waals surface area contributed by atoms with E-state index in [-0.39, 0.29) is 0 Å². The van der Waals surface area contributed by atoms with Crippen LogP contribution in [-0.2, 0) is 19.7 Å². The summed E-state index contributed by atoms with van der Waals surface area (Å²) in [6.07, 6.45) is 0. The van der Waals surface area contributed by atoms with Gasteiger partial charge in [0.05, 0.1) is 11.4 Å². The highest BCUT2D eigenvalue weighted by atomic mass is 79.9. The third-order valence-electron chi connectivity index (χ3n) is 3.06. The van der Waals surface area contributed by atoms with Gasteiger partial charge in [-0.15, -0.1) is 0 Å². The van der Waals surface area contributed by atoms with Crippen LogP contribution in [0.2, 0.25) is 0 Å². The van der Waals surface area contributed by atoms with Crippen LogP contribution in [0.25, 0.3) is 0 Å². The maximum Gasteiger partial charge on any atom is 0.130 e. The average molecular weight is 338 g/mol. The number of hydrogen-bond acceptors (Lipinski definition) is 3. The molecule has 2 rings (SSSR count). The van der Waals surface area contributed by atoms with E-state index in [4.69, 9.17) is 4.74 Å². The summed E-state index contributed by atoms with van der Waals surface area (Å²) in [5, 5.41) is 7.57. The Morgan fingerprint density at radius 1 is 1.35 bits per heavy atom. The van der Waals surface area contributed by atoms with Crippen molar-refractivity contribution in [3.63, 3.8) is 0 Å². The Labute approximate surface area is 128 Å². The highest BCUT2D eigenvalue weighted by Gasteiger charge is 2.06. The monoisotopic (exact) mass is 337 g/mol. The van der Waals surface area contributed by atoms with Crippen molar-refractivity contribution < 1.29 is 4.74 Å². The number of nitrogens with zero attached hydrogens (tertiary/aromatic N) is 2. The van der Waals surface area contributed by atoms with E-state index in [1.54, 1.807) is 0 Å². The van der Waals surface area contributed by atoms with E-state index in [9.17, 15) is 0 Å². The van der Waals surface area contributed by atoms with Gasteiger partial charge in [0.1, 0.15) is 12.4 Å².